The van der Waals surface area contributed by atoms with E-state index in [0.29, 0.717) is 28.0 Å². The standard InChI is InChI=1S/C26H20NO.C16H18N.Ir/c1-16-11-12-19(17(2)13-16)23-14-24(27-15-18(23)3)22-9-6-8-21-20-7-4-5-10-25(20)28-26(21)22;1-12-5-7-13(8-6-12)15-10-9-14(11-17-15)16(2,3)4;/h4-8,10-15H,1-3H3;5-7,9-11H,1-4H3;/q2*-1;/i1D3,2D3,3D3;1D3;. The molecule has 0 atom stereocenters. The smallest absolute Gasteiger partial charge is 0.120 e. The molecule has 1 radical (unpaired) electrons. The van der Waals surface area contributed by atoms with Crippen LogP contribution in [0.1, 0.15) is 65.0 Å². The number of benzene rings is 4. The predicted molar refractivity (Wildman–Crippen MR) is 187 cm³/mol. The van der Waals surface area contributed by atoms with Crippen LogP contribution in [-0.2, 0) is 25.5 Å². The Hall–Kier alpha value is -4.37. The third kappa shape index (κ3) is 6.89. The van der Waals surface area contributed by atoms with Gasteiger partial charge in [-0.15, -0.1) is 53.6 Å². The number of para-hydroxylation sites is 1. The number of nitrogens with zero attached hydrogens (tertiary/aromatic N) is 2. The van der Waals surface area contributed by atoms with Crippen molar-refractivity contribution in [1.29, 1.82) is 0 Å². The van der Waals surface area contributed by atoms with Gasteiger partial charge in [0, 0.05) is 54.3 Å². The first-order valence-corrected chi connectivity index (χ1v) is 14.4. The zero-order chi connectivity index (χ0) is 41.7. The number of furan rings is 1. The average molecular weight is 791 g/mol. The van der Waals surface area contributed by atoms with Gasteiger partial charge in [0.05, 0.1) is 5.58 Å². The molecular weight excluding hydrogens is 741 g/mol. The van der Waals surface area contributed by atoms with Crippen LogP contribution < -0.4 is 0 Å². The Kier molecular flexibility index (Phi) is 6.09. The fourth-order valence-electron chi connectivity index (χ4n) is 5.06. The van der Waals surface area contributed by atoms with E-state index in [1.165, 1.54) is 36.0 Å². The molecule has 0 amide bonds. The fraction of sp³-hybridized carbons (Fsp3) is 0.190. The minimum Gasteiger partial charge on any atom is -0.501 e. The first-order valence-electron chi connectivity index (χ1n) is 20.4. The summed E-state index contributed by atoms with van der Waals surface area (Å²) in [7, 11) is 0. The van der Waals surface area contributed by atoms with Gasteiger partial charge in [-0.05, 0) is 71.2 Å². The first kappa shape index (κ1) is 20.7. The van der Waals surface area contributed by atoms with E-state index in [9.17, 15) is 0 Å². The van der Waals surface area contributed by atoms with Crippen LogP contribution in [0.4, 0.5) is 0 Å². The second-order valence-corrected chi connectivity index (χ2v) is 11.7. The van der Waals surface area contributed by atoms with Gasteiger partial charge in [0.15, 0.2) is 0 Å². The molecule has 46 heavy (non-hydrogen) atoms. The van der Waals surface area contributed by atoms with Crippen LogP contribution in [0.25, 0.3) is 55.6 Å². The quantitative estimate of drug-likeness (QED) is 0.167. The van der Waals surface area contributed by atoms with Gasteiger partial charge in [-0.25, -0.2) is 0 Å². The normalized spacial score (nSPS) is 16.2. The van der Waals surface area contributed by atoms with Gasteiger partial charge < -0.3 is 14.4 Å². The fourth-order valence-corrected chi connectivity index (χ4v) is 5.06. The summed E-state index contributed by atoms with van der Waals surface area (Å²) in [6.07, 6.45) is 3.06. The number of hydrogen-bond acceptors (Lipinski definition) is 3. The zero-order valence-corrected chi connectivity index (χ0v) is 27.8. The SMILES string of the molecule is [2H]C([2H])([2H])c1c[c-]c(-c2ccc(C(C)(C)C)cn2)cc1.[2H]C([2H])([2H])c1ccc(-c2cc(-c3[c-]ccc4c3oc3ccccc34)ncc2C([2H])([2H])[2H])c(C([2H])([2H])[2H])c1.[Ir]. The Morgan fingerprint density at radius 2 is 1.50 bits per heavy atom. The van der Waals surface area contributed by atoms with Gasteiger partial charge in [-0.1, -0.05) is 98.7 Å². The van der Waals surface area contributed by atoms with E-state index in [0.717, 1.165) is 28.1 Å². The minimum absolute atomic E-state index is 0. The molecule has 4 aromatic carbocycles. The molecule has 0 N–H and O–H groups in total. The molecule has 233 valence electrons. The van der Waals surface area contributed by atoms with E-state index >= 15 is 0 Å². The first-order chi connectivity index (χ1) is 26.4. The van der Waals surface area contributed by atoms with Gasteiger partial charge in [0.25, 0.3) is 0 Å². The van der Waals surface area contributed by atoms with Gasteiger partial charge in [0.2, 0.25) is 0 Å². The number of rotatable bonds is 3. The number of aromatic nitrogens is 2. The van der Waals surface area contributed by atoms with E-state index in [1.54, 1.807) is 18.2 Å². The summed E-state index contributed by atoms with van der Waals surface area (Å²) >= 11 is 0. The Labute approximate surface area is 303 Å². The van der Waals surface area contributed by atoms with Crippen LogP contribution in [-0.4, -0.2) is 9.97 Å². The molecule has 3 aromatic heterocycles. The summed E-state index contributed by atoms with van der Waals surface area (Å²) in [4.78, 5) is 8.82. The van der Waals surface area contributed by atoms with Crippen molar-refractivity contribution in [1.82, 2.24) is 9.97 Å². The minimum atomic E-state index is -2.70. The van der Waals surface area contributed by atoms with Gasteiger partial charge in [-0.2, -0.15) is 0 Å². The van der Waals surface area contributed by atoms with Crippen LogP contribution in [0.5, 0.6) is 0 Å². The topological polar surface area (TPSA) is 38.9 Å². The number of aryl methyl sites for hydroxylation is 4. The van der Waals surface area contributed by atoms with Crippen molar-refractivity contribution < 1.29 is 41.0 Å². The maximum absolute atomic E-state index is 8.05. The van der Waals surface area contributed by atoms with E-state index in [2.05, 4.69) is 42.9 Å². The van der Waals surface area contributed by atoms with Crippen molar-refractivity contribution in [3.8, 4) is 33.6 Å². The molecule has 7 rings (SSSR count). The molecule has 0 aliphatic rings. The largest absolute Gasteiger partial charge is 0.501 e. The summed E-state index contributed by atoms with van der Waals surface area (Å²) in [6.45, 7) is -3.50. The average Bonchev–Trinajstić information content (AvgIpc) is 3.52. The summed E-state index contributed by atoms with van der Waals surface area (Å²) in [5.41, 5.74) is 4.81. The maximum Gasteiger partial charge on any atom is 0.120 e. The molecule has 0 saturated heterocycles. The number of fused-ring (bicyclic) bond motifs is 3. The summed E-state index contributed by atoms with van der Waals surface area (Å²) in [5, 5.41) is 1.73. The van der Waals surface area contributed by atoms with Crippen molar-refractivity contribution in [3.05, 3.63) is 143 Å². The second-order valence-electron chi connectivity index (χ2n) is 11.7. The molecular formula is C42H38IrN2O-2. The molecule has 7 aromatic rings. The second kappa shape index (κ2) is 13.5. The van der Waals surface area contributed by atoms with Crippen LogP contribution in [0.2, 0.25) is 0 Å². The van der Waals surface area contributed by atoms with E-state index in [-0.39, 0.29) is 53.3 Å². The van der Waals surface area contributed by atoms with Crippen LogP contribution in [0.15, 0.2) is 108 Å². The molecule has 0 aliphatic heterocycles. The van der Waals surface area contributed by atoms with Crippen LogP contribution in [0, 0.1) is 39.5 Å². The maximum atomic E-state index is 8.05. The van der Waals surface area contributed by atoms with E-state index in [1.807, 2.05) is 48.7 Å². The molecule has 0 aliphatic carbocycles. The number of pyridine rings is 2. The molecule has 3 nitrogen and oxygen atoms in total. The Bertz CT molecular complexity index is 2490. The van der Waals surface area contributed by atoms with E-state index < -0.39 is 27.4 Å². The molecule has 0 bridgehead atoms. The molecule has 0 saturated carbocycles. The van der Waals surface area contributed by atoms with Gasteiger partial charge in [0.1, 0.15) is 5.58 Å². The zero-order valence-electron chi connectivity index (χ0n) is 37.5. The molecule has 0 unspecified atom stereocenters. The third-order valence-electron chi connectivity index (χ3n) is 7.53. The van der Waals surface area contributed by atoms with Crippen molar-refractivity contribution in [3.63, 3.8) is 0 Å². The van der Waals surface area contributed by atoms with E-state index in [4.69, 9.17) is 20.9 Å². The number of hydrogen-bond donors (Lipinski definition) is 0. The Morgan fingerprint density at radius 3 is 2.22 bits per heavy atom. The van der Waals surface area contributed by atoms with Crippen molar-refractivity contribution in [2.75, 3.05) is 0 Å². The van der Waals surface area contributed by atoms with Gasteiger partial charge >= 0.3 is 0 Å². The van der Waals surface area contributed by atoms with Gasteiger partial charge in [-0.3, -0.25) is 0 Å². The Morgan fingerprint density at radius 1 is 0.696 bits per heavy atom. The van der Waals surface area contributed by atoms with Crippen LogP contribution >= 0.6 is 0 Å². The van der Waals surface area contributed by atoms with Crippen molar-refractivity contribution in [2.24, 2.45) is 0 Å². The predicted octanol–water partition coefficient (Wildman–Crippen LogP) is 11.2. The summed E-state index contributed by atoms with van der Waals surface area (Å²) in [6, 6.07) is 31.3. The van der Waals surface area contributed by atoms with Crippen molar-refractivity contribution >= 4 is 21.9 Å². The molecule has 3 heterocycles. The molecule has 0 spiro atoms. The third-order valence-corrected chi connectivity index (χ3v) is 7.53. The monoisotopic (exact) mass is 791 g/mol. The van der Waals surface area contributed by atoms with Crippen molar-refractivity contribution in [2.45, 2.75) is 53.6 Å². The van der Waals surface area contributed by atoms with Crippen LogP contribution in [0.3, 0.4) is 0 Å². The summed E-state index contributed by atoms with van der Waals surface area (Å²) in [5.74, 6) is 0. The molecule has 4 heteroatoms. The Balaban J connectivity index is 0.000000259. The molecule has 0 fully saturated rings. The summed E-state index contributed by atoms with van der Waals surface area (Å²) < 4.78 is 99.5.